The molecule has 0 amide bonds. The quantitative estimate of drug-likeness (QED) is 0.900. The molecule has 1 aliphatic rings. The van der Waals surface area contributed by atoms with Gasteiger partial charge in [-0.25, -0.2) is 4.79 Å². The Hall–Kier alpha value is -2.83. The van der Waals surface area contributed by atoms with Gasteiger partial charge in [-0.2, -0.15) is 0 Å². The lowest BCUT2D eigenvalue weighted by Gasteiger charge is -2.32. The van der Waals surface area contributed by atoms with E-state index in [1.807, 2.05) is 24.3 Å². The minimum Gasteiger partial charge on any atom is -0.493 e. The molecule has 0 unspecified atom stereocenters. The van der Waals surface area contributed by atoms with Gasteiger partial charge >= 0.3 is 5.97 Å². The second kappa shape index (κ2) is 7.16. The number of piperidine rings is 1. The van der Waals surface area contributed by atoms with Crippen molar-refractivity contribution in [1.29, 1.82) is 0 Å². The molecule has 0 aliphatic carbocycles. The number of carbonyl (C=O) groups is 1. The molecule has 2 aromatic rings. The lowest BCUT2D eigenvalue weighted by Crippen LogP contribution is -2.38. The minimum absolute atomic E-state index is 0.0480. The zero-order chi connectivity index (χ0) is 16.9. The summed E-state index contributed by atoms with van der Waals surface area (Å²) >= 11 is 0. The van der Waals surface area contributed by atoms with Gasteiger partial charge in [0.2, 0.25) is 0 Å². The van der Waals surface area contributed by atoms with E-state index in [1.54, 1.807) is 13.2 Å². The Labute approximate surface area is 139 Å². The molecule has 126 valence electrons. The Bertz CT molecular complexity index is 697. The maximum Gasteiger partial charge on any atom is 0.356 e. The SMILES string of the molecule is COc1ccccc1OC1CCN(c2ccc(C(=O)O)nn2)CC1. The number of hydrogen-bond acceptors (Lipinski definition) is 6. The highest BCUT2D eigenvalue weighted by Crippen LogP contribution is 2.29. The van der Waals surface area contributed by atoms with Crippen LogP contribution in [-0.2, 0) is 0 Å². The van der Waals surface area contributed by atoms with Crippen molar-refractivity contribution in [3.63, 3.8) is 0 Å². The fourth-order valence-electron chi connectivity index (χ4n) is 2.71. The summed E-state index contributed by atoms with van der Waals surface area (Å²) in [7, 11) is 1.63. The van der Waals surface area contributed by atoms with Crippen molar-refractivity contribution >= 4 is 11.8 Å². The van der Waals surface area contributed by atoms with Crippen LogP contribution < -0.4 is 14.4 Å². The van der Waals surface area contributed by atoms with E-state index >= 15 is 0 Å². The van der Waals surface area contributed by atoms with Gasteiger partial charge < -0.3 is 19.5 Å². The van der Waals surface area contributed by atoms with Gasteiger partial charge in [-0.15, -0.1) is 10.2 Å². The molecule has 24 heavy (non-hydrogen) atoms. The van der Waals surface area contributed by atoms with Crippen molar-refractivity contribution in [1.82, 2.24) is 10.2 Å². The zero-order valence-electron chi connectivity index (χ0n) is 13.4. The number of anilines is 1. The van der Waals surface area contributed by atoms with Crippen LogP contribution in [0.4, 0.5) is 5.82 Å². The number of carboxylic acids is 1. The summed E-state index contributed by atoms with van der Waals surface area (Å²) in [4.78, 5) is 12.9. The summed E-state index contributed by atoms with van der Waals surface area (Å²) in [5.74, 6) is 1.10. The average molecular weight is 329 g/mol. The van der Waals surface area contributed by atoms with E-state index in [0.29, 0.717) is 5.82 Å². The van der Waals surface area contributed by atoms with Crippen molar-refractivity contribution in [3.8, 4) is 11.5 Å². The van der Waals surface area contributed by atoms with Gasteiger partial charge in [0.25, 0.3) is 0 Å². The van der Waals surface area contributed by atoms with Crippen LogP contribution in [0.5, 0.6) is 11.5 Å². The summed E-state index contributed by atoms with van der Waals surface area (Å²) < 4.78 is 11.4. The third-order valence-electron chi connectivity index (χ3n) is 4.00. The largest absolute Gasteiger partial charge is 0.493 e. The number of methoxy groups -OCH3 is 1. The molecule has 3 rings (SSSR count). The average Bonchev–Trinajstić information content (AvgIpc) is 2.63. The summed E-state index contributed by atoms with van der Waals surface area (Å²) in [6.45, 7) is 1.56. The standard InChI is InChI=1S/C17H19N3O4/c1-23-14-4-2-3-5-15(14)24-12-8-10-20(11-9-12)16-7-6-13(17(21)22)18-19-16/h2-7,12H,8-11H2,1H3,(H,21,22). The van der Waals surface area contributed by atoms with Crippen LogP contribution in [-0.4, -0.2) is 47.6 Å². The Morgan fingerprint density at radius 1 is 1.12 bits per heavy atom. The number of aromatic carboxylic acids is 1. The molecule has 1 aromatic heterocycles. The molecule has 1 fully saturated rings. The first kappa shape index (κ1) is 16.0. The van der Waals surface area contributed by atoms with Gasteiger partial charge in [-0.05, 0) is 24.3 Å². The van der Waals surface area contributed by atoms with Crippen LogP contribution in [0.15, 0.2) is 36.4 Å². The molecular formula is C17H19N3O4. The first-order valence-electron chi connectivity index (χ1n) is 7.79. The second-order valence-electron chi connectivity index (χ2n) is 5.54. The lowest BCUT2D eigenvalue weighted by atomic mass is 10.1. The highest BCUT2D eigenvalue weighted by Gasteiger charge is 2.23. The number of carboxylic acid groups (broad SMARTS) is 1. The predicted octanol–water partition coefficient (Wildman–Crippen LogP) is 2.23. The van der Waals surface area contributed by atoms with Gasteiger partial charge in [0.05, 0.1) is 7.11 Å². The van der Waals surface area contributed by atoms with Crippen LogP contribution in [0.25, 0.3) is 0 Å². The fourth-order valence-corrected chi connectivity index (χ4v) is 2.71. The molecule has 0 spiro atoms. The molecule has 7 nitrogen and oxygen atoms in total. The monoisotopic (exact) mass is 329 g/mol. The Balaban J connectivity index is 1.58. The van der Waals surface area contributed by atoms with E-state index in [2.05, 4.69) is 15.1 Å². The Morgan fingerprint density at radius 3 is 2.42 bits per heavy atom. The van der Waals surface area contributed by atoms with E-state index in [1.165, 1.54) is 6.07 Å². The maximum absolute atomic E-state index is 10.8. The maximum atomic E-state index is 10.8. The number of aromatic nitrogens is 2. The van der Waals surface area contributed by atoms with E-state index in [0.717, 1.165) is 37.4 Å². The normalized spacial score (nSPS) is 15.1. The van der Waals surface area contributed by atoms with Crippen LogP contribution in [0.2, 0.25) is 0 Å². The second-order valence-corrected chi connectivity index (χ2v) is 5.54. The molecule has 1 N–H and O–H groups in total. The summed E-state index contributed by atoms with van der Waals surface area (Å²) in [5, 5.41) is 16.6. The molecule has 1 saturated heterocycles. The van der Waals surface area contributed by atoms with Crippen LogP contribution in [0, 0.1) is 0 Å². The van der Waals surface area contributed by atoms with Gasteiger partial charge in [-0.3, -0.25) is 0 Å². The van der Waals surface area contributed by atoms with Crippen LogP contribution >= 0.6 is 0 Å². The smallest absolute Gasteiger partial charge is 0.356 e. The number of ether oxygens (including phenoxy) is 2. The van der Waals surface area contributed by atoms with E-state index < -0.39 is 5.97 Å². The molecule has 2 heterocycles. The van der Waals surface area contributed by atoms with Crippen molar-refractivity contribution in [2.75, 3.05) is 25.1 Å². The summed E-state index contributed by atoms with van der Waals surface area (Å²) in [6, 6.07) is 10.8. The number of nitrogens with zero attached hydrogens (tertiary/aromatic N) is 3. The highest BCUT2D eigenvalue weighted by molar-refractivity contribution is 5.85. The molecule has 0 saturated carbocycles. The van der Waals surface area contributed by atoms with Gasteiger partial charge in [0.15, 0.2) is 23.0 Å². The third kappa shape index (κ3) is 3.56. The van der Waals surface area contributed by atoms with Crippen molar-refractivity contribution in [2.24, 2.45) is 0 Å². The molecule has 7 heteroatoms. The van der Waals surface area contributed by atoms with Gasteiger partial charge in [0.1, 0.15) is 6.10 Å². The molecule has 1 aromatic carbocycles. The van der Waals surface area contributed by atoms with Crippen molar-refractivity contribution in [2.45, 2.75) is 18.9 Å². The van der Waals surface area contributed by atoms with Crippen molar-refractivity contribution in [3.05, 3.63) is 42.1 Å². The number of hydrogen-bond donors (Lipinski definition) is 1. The predicted molar refractivity (Wildman–Crippen MR) is 87.8 cm³/mol. The zero-order valence-corrected chi connectivity index (χ0v) is 13.4. The molecular weight excluding hydrogens is 310 g/mol. The number of rotatable bonds is 5. The lowest BCUT2D eigenvalue weighted by molar-refractivity contribution is 0.0689. The first-order valence-corrected chi connectivity index (χ1v) is 7.79. The van der Waals surface area contributed by atoms with Gasteiger partial charge in [0, 0.05) is 25.9 Å². The van der Waals surface area contributed by atoms with E-state index in [9.17, 15) is 4.79 Å². The molecule has 0 atom stereocenters. The van der Waals surface area contributed by atoms with E-state index in [4.69, 9.17) is 14.6 Å². The van der Waals surface area contributed by atoms with E-state index in [-0.39, 0.29) is 11.8 Å². The topological polar surface area (TPSA) is 84.8 Å². The molecule has 1 aliphatic heterocycles. The number of benzene rings is 1. The Morgan fingerprint density at radius 2 is 1.83 bits per heavy atom. The summed E-state index contributed by atoms with van der Waals surface area (Å²) in [5.41, 5.74) is -0.0480. The summed E-state index contributed by atoms with van der Waals surface area (Å²) in [6.07, 6.45) is 1.81. The first-order chi connectivity index (χ1) is 11.7. The van der Waals surface area contributed by atoms with Crippen molar-refractivity contribution < 1.29 is 19.4 Å². The fraction of sp³-hybridized carbons (Fsp3) is 0.353. The number of para-hydroxylation sites is 2. The molecule has 0 bridgehead atoms. The van der Waals surface area contributed by atoms with Crippen LogP contribution in [0.3, 0.4) is 0 Å². The third-order valence-corrected chi connectivity index (χ3v) is 4.00. The van der Waals surface area contributed by atoms with Gasteiger partial charge in [-0.1, -0.05) is 12.1 Å². The molecule has 0 radical (unpaired) electrons. The van der Waals surface area contributed by atoms with Crippen LogP contribution in [0.1, 0.15) is 23.3 Å². The highest BCUT2D eigenvalue weighted by atomic mass is 16.5. The minimum atomic E-state index is -1.07. The Kier molecular flexibility index (Phi) is 4.79.